The second-order valence-corrected chi connectivity index (χ2v) is 4.52. The molecule has 1 rings (SSSR count). The molecule has 0 fully saturated rings. The van der Waals surface area contributed by atoms with Gasteiger partial charge < -0.3 is 5.11 Å². The van der Waals surface area contributed by atoms with Crippen molar-refractivity contribution in [1.29, 1.82) is 0 Å². The predicted molar refractivity (Wildman–Crippen MR) is 63.5 cm³/mol. The predicted octanol–water partition coefficient (Wildman–Crippen LogP) is 3.07. The Labute approximate surface area is 92.6 Å². The summed E-state index contributed by atoms with van der Waals surface area (Å²) in [5.74, 6) is 0. The van der Waals surface area contributed by atoms with Gasteiger partial charge in [-0.15, -0.1) is 6.58 Å². The minimum absolute atomic E-state index is 0.577. The lowest BCUT2D eigenvalue weighted by molar-refractivity contribution is 0.0606. The van der Waals surface area contributed by atoms with Crippen LogP contribution < -0.4 is 0 Å². The van der Waals surface area contributed by atoms with Crippen LogP contribution in [0.25, 0.3) is 0 Å². The zero-order valence-electron chi connectivity index (χ0n) is 7.63. The van der Waals surface area contributed by atoms with Gasteiger partial charge in [0, 0.05) is 3.57 Å². The Morgan fingerprint density at radius 2 is 2.00 bits per heavy atom. The van der Waals surface area contributed by atoms with Gasteiger partial charge in [-0.3, -0.25) is 0 Å². The molecule has 2 heteroatoms. The van der Waals surface area contributed by atoms with Crippen molar-refractivity contribution in [3.63, 3.8) is 0 Å². The van der Waals surface area contributed by atoms with Crippen molar-refractivity contribution in [3.8, 4) is 0 Å². The highest BCUT2D eigenvalue weighted by Crippen LogP contribution is 2.24. The molecule has 13 heavy (non-hydrogen) atoms. The van der Waals surface area contributed by atoms with E-state index in [0.717, 1.165) is 5.56 Å². The van der Waals surface area contributed by atoms with Crippen LogP contribution in [0.15, 0.2) is 36.9 Å². The van der Waals surface area contributed by atoms with E-state index in [1.165, 1.54) is 3.57 Å². The van der Waals surface area contributed by atoms with Crippen molar-refractivity contribution in [1.82, 2.24) is 0 Å². The second-order valence-electron chi connectivity index (χ2n) is 3.27. The third-order valence-electron chi connectivity index (χ3n) is 2.01. The van der Waals surface area contributed by atoms with Crippen LogP contribution in [0, 0.1) is 3.57 Å². The summed E-state index contributed by atoms with van der Waals surface area (Å²) in [5, 5.41) is 10.0. The van der Waals surface area contributed by atoms with Gasteiger partial charge >= 0.3 is 0 Å². The van der Waals surface area contributed by atoms with Gasteiger partial charge in [0.15, 0.2) is 0 Å². The Hall–Kier alpha value is -0.350. The average molecular weight is 288 g/mol. The second kappa shape index (κ2) is 4.24. The van der Waals surface area contributed by atoms with E-state index >= 15 is 0 Å². The first-order valence-electron chi connectivity index (χ1n) is 4.15. The molecule has 0 spiro atoms. The van der Waals surface area contributed by atoms with E-state index in [1.807, 2.05) is 24.3 Å². The van der Waals surface area contributed by atoms with E-state index in [1.54, 1.807) is 13.0 Å². The van der Waals surface area contributed by atoms with Crippen LogP contribution in [-0.2, 0) is 5.60 Å². The first-order valence-corrected chi connectivity index (χ1v) is 5.23. The minimum atomic E-state index is -0.786. The van der Waals surface area contributed by atoms with Crippen LogP contribution in [0.5, 0.6) is 0 Å². The highest BCUT2D eigenvalue weighted by atomic mass is 127. The van der Waals surface area contributed by atoms with Crippen molar-refractivity contribution in [2.75, 3.05) is 0 Å². The summed E-state index contributed by atoms with van der Waals surface area (Å²) in [6.45, 7) is 5.43. The molecule has 1 aromatic rings. The van der Waals surface area contributed by atoms with Gasteiger partial charge in [0.2, 0.25) is 0 Å². The molecule has 70 valence electrons. The largest absolute Gasteiger partial charge is 0.385 e. The maximum absolute atomic E-state index is 10.0. The lowest BCUT2D eigenvalue weighted by atomic mass is 9.93. The van der Waals surface area contributed by atoms with Crippen LogP contribution in [0.4, 0.5) is 0 Å². The topological polar surface area (TPSA) is 20.2 Å². The summed E-state index contributed by atoms with van der Waals surface area (Å²) >= 11 is 2.24. The molecule has 1 atom stereocenters. The number of benzene rings is 1. The molecule has 0 radical (unpaired) electrons. The maximum atomic E-state index is 10.0. The lowest BCUT2D eigenvalue weighted by Gasteiger charge is -2.21. The Bertz CT molecular complexity index is 287. The van der Waals surface area contributed by atoms with Crippen LogP contribution in [0.1, 0.15) is 18.9 Å². The molecule has 0 saturated heterocycles. The standard InChI is InChI=1S/C11H13IO/c1-3-8-11(2,13)9-4-6-10(12)7-5-9/h3-7,13H,1,8H2,2H3. The van der Waals surface area contributed by atoms with E-state index < -0.39 is 5.60 Å². The molecule has 1 unspecified atom stereocenters. The molecular weight excluding hydrogens is 275 g/mol. The molecule has 1 nitrogen and oxygen atoms in total. The number of hydrogen-bond acceptors (Lipinski definition) is 1. The number of halogens is 1. The Balaban J connectivity index is 2.93. The molecule has 0 aliphatic carbocycles. The average Bonchev–Trinajstić information content (AvgIpc) is 2.05. The fourth-order valence-corrected chi connectivity index (χ4v) is 1.57. The van der Waals surface area contributed by atoms with Gasteiger partial charge in [0.1, 0.15) is 0 Å². The van der Waals surface area contributed by atoms with E-state index in [9.17, 15) is 5.11 Å². The smallest absolute Gasteiger partial charge is 0.0902 e. The monoisotopic (exact) mass is 288 g/mol. The van der Waals surface area contributed by atoms with E-state index in [0.29, 0.717) is 6.42 Å². The molecule has 0 aliphatic rings. The number of aliphatic hydroxyl groups is 1. The molecule has 1 N–H and O–H groups in total. The van der Waals surface area contributed by atoms with Gasteiger partial charge in [0.25, 0.3) is 0 Å². The third kappa shape index (κ3) is 2.81. The molecule has 0 bridgehead atoms. The number of rotatable bonds is 3. The quantitative estimate of drug-likeness (QED) is 0.669. The summed E-state index contributed by atoms with van der Waals surface area (Å²) in [6, 6.07) is 7.89. The first kappa shape index (κ1) is 10.7. The first-order chi connectivity index (χ1) is 6.06. The number of hydrogen-bond donors (Lipinski definition) is 1. The normalized spacial score (nSPS) is 15.0. The molecule has 0 heterocycles. The highest BCUT2D eigenvalue weighted by molar-refractivity contribution is 14.1. The van der Waals surface area contributed by atoms with Crippen molar-refractivity contribution in [2.45, 2.75) is 18.9 Å². The zero-order valence-corrected chi connectivity index (χ0v) is 9.78. The maximum Gasteiger partial charge on any atom is 0.0902 e. The third-order valence-corrected chi connectivity index (χ3v) is 2.73. The minimum Gasteiger partial charge on any atom is -0.385 e. The molecule has 0 aromatic heterocycles. The molecule has 0 amide bonds. The van der Waals surface area contributed by atoms with E-state index in [2.05, 4.69) is 29.2 Å². The SMILES string of the molecule is C=CCC(C)(O)c1ccc(I)cc1. The van der Waals surface area contributed by atoms with Gasteiger partial charge in [-0.05, 0) is 53.6 Å². The van der Waals surface area contributed by atoms with Gasteiger partial charge in [-0.2, -0.15) is 0 Å². The van der Waals surface area contributed by atoms with Crippen molar-refractivity contribution in [2.24, 2.45) is 0 Å². The summed E-state index contributed by atoms with van der Waals surface area (Å²) < 4.78 is 1.18. The molecule has 1 aromatic carbocycles. The Kier molecular flexibility index (Phi) is 3.50. The Morgan fingerprint density at radius 3 is 2.46 bits per heavy atom. The summed E-state index contributed by atoms with van der Waals surface area (Å²) in [4.78, 5) is 0. The summed E-state index contributed by atoms with van der Waals surface area (Å²) in [6.07, 6.45) is 2.31. The fraction of sp³-hybridized carbons (Fsp3) is 0.273. The van der Waals surface area contributed by atoms with E-state index in [4.69, 9.17) is 0 Å². The van der Waals surface area contributed by atoms with Crippen molar-refractivity contribution < 1.29 is 5.11 Å². The van der Waals surface area contributed by atoms with Crippen LogP contribution in [0.2, 0.25) is 0 Å². The van der Waals surface area contributed by atoms with E-state index in [-0.39, 0.29) is 0 Å². The van der Waals surface area contributed by atoms with Gasteiger partial charge in [-0.1, -0.05) is 18.2 Å². The fourth-order valence-electron chi connectivity index (χ4n) is 1.21. The molecule has 0 saturated carbocycles. The lowest BCUT2D eigenvalue weighted by Crippen LogP contribution is -2.19. The van der Waals surface area contributed by atoms with Crippen molar-refractivity contribution >= 4 is 22.6 Å². The van der Waals surface area contributed by atoms with Gasteiger partial charge in [-0.25, -0.2) is 0 Å². The summed E-state index contributed by atoms with van der Waals surface area (Å²) in [5.41, 5.74) is 0.152. The highest BCUT2D eigenvalue weighted by Gasteiger charge is 2.20. The molecule has 0 aliphatic heterocycles. The molecular formula is C11H13IO. The Morgan fingerprint density at radius 1 is 1.46 bits per heavy atom. The zero-order chi connectivity index (χ0) is 9.90. The van der Waals surface area contributed by atoms with Crippen LogP contribution in [-0.4, -0.2) is 5.11 Å². The van der Waals surface area contributed by atoms with Gasteiger partial charge in [0.05, 0.1) is 5.60 Å². The van der Waals surface area contributed by atoms with Crippen LogP contribution in [0.3, 0.4) is 0 Å². The summed E-state index contributed by atoms with van der Waals surface area (Å²) in [7, 11) is 0. The van der Waals surface area contributed by atoms with Crippen molar-refractivity contribution in [3.05, 3.63) is 46.1 Å². The van der Waals surface area contributed by atoms with Crippen LogP contribution >= 0.6 is 22.6 Å².